The third-order valence-corrected chi connectivity index (χ3v) is 3.07. The van der Waals surface area contributed by atoms with E-state index in [1.807, 2.05) is 0 Å². The van der Waals surface area contributed by atoms with E-state index < -0.39 is 0 Å². The Hall–Kier alpha value is -3.22. The summed E-state index contributed by atoms with van der Waals surface area (Å²) in [5.74, 6) is -0.532. The quantitative estimate of drug-likeness (QED) is 0.360. The number of aromatic amines is 2. The number of phenols is 1. The first-order valence-electron chi connectivity index (χ1n) is 6.15. The summed E-state index contributed by atoms with van der Waals surface area (Å²) in [5, 5.41) is 12.2. The lowest BCUT2D eigenvalue weighted by atomic mass is 10.1. The summed E-state index contributed by atoms with van der Waals surface area (Å²) < 4.78 is 0. The predicted molar refractivity (Wildman–Crippen MR) is 79.4 cm³/mol. The molecule has 0 aliphatic carbocycles. The number of H-pyrrole nitrogens is 2. The van der Waals surface area contributed by atoms with E-state index in [9.17, 15) is 14.7 Å². The first-order valence-corrected chi connectivity index (χ1v) is 6.15. The molecule has 0 saturated heterocycles. The summed E-state index contributed by atoms with van der Waals surface area (Å²) >= 11 is 0. The molecule has 0 radical (unpaired) electrons. The lowest BCUT2D eigenvalue weighted by molar-refractivity contribution is 0.102. The molecule has 1 heterocycles. The molecule has 2 aromatic carbocycles. The van der Waals surface area contributed by atoms with Crippen LogP contribution in [-0.4, -0.2) is 21.0 Å². The van der Waals surface area contributed by atoms with Gasteiger partial charge in [0.1, 0.15) is 5.75 Å². The maximum atomic E-state index is 12.1. The molecule has 0 aliphatic heterocycles. The van der Waals surface area contributed by atoms with Gasteiger partial charge in [-0.15, -0.1) is 0 Å². The zero-order chi connectivity index (χ0) is 15.0. The van der Waals surface area contributed by atoms with Crippen molar-refractivity contribution >= 4 is 28.3 Å². The molecule has 0 aliphatic rings. The Bertz CT molecular complexity index is 895. The molecule has 0 spiro atoms. The van der Waals surface area contributed by atoms with Crippen LogP contribution in [0.2, 0.25) is 0 Å². The van der Waals surface area contributed by atoms with Crippen molar-refractivity contribution in [2.24, 2.45) is 0 Å². The number of nitrogen functional groups attached to an aromatic ring is 1. The number of fused-ring (bicyclic) bond motifs is 1. The van der Waals surface area contributed by atoms with Gasteiger partial charge in [0.2, 0.25) is 0 Å². The van der Waals surface area contributed by atoms with Gasteiger partial charge < -0.3 is 26.1 Å². The Morgan fingerprint density at radius 1 is 1.10 bits per heavy atom. The van der Waals surface area contributed by atoms with Gasteiger partial charge in [0, 0.05) is 11.3 Å². The Morgan fingerprint density at radius 3 is 2.62 bits per heavy atom. The number of aromatic hydroxyl groups is 1. The van der Waals surface area contributed by atoms with E-state index in [0.717, 1.165) is 0 Å². The van der Waals surface area contributed by atoms with E-state index in [0.29, 0.717) is 16.7 Å². The fraction of sp³-hybridized carbons (Fsp3) is 0. The van der Waals surface area contributed by atoms with Crippen molar-refractivity contribution < 1.29 is 9.90 Å². The van der Waals surface area contributed by atoms with Crippen LogP contribution in [0.3, 0.4) is 0 Å². The second kappa shape index (κ2) is 4.71. The minimum atomic E-state index is -0.387. The number of aromatic nitrogens is 2. The maximum Gasteiger partial charge on any atom is 0.323 e. The molecular formula is C14H12N4O3. The average Bonchev–Trinajstić information content (AvgIpc) is 2.81. The van der Waals surface area contributed by atoms with Crippen LogP contribution >= 0.6 is 0 Å². The van der Waals surface area contributed by atoms with Crippen LogP contribution in [0.1, 0.15) is 10.4 Å². The molecule has 6 N–H and O–H groups in total. The van der Waals surface area contributed by atoms with Gasteiger partial charge in [-0.25, -0.2) is 4.79 Å². The van der Waals surface area contributed by atoms with Gasteiger partial charge in [-0.3, -0.25) is 4.79 Å². The summed E-state index contributed by atoms with van der Waals surface area (Å²) in [6.07, 6.45) is 0. The number of amides is 1. The second-order valence-electron chi connectivity index (χ2n) is 4.57. The monoisotopic (exact) mass is 284 g/mol. The second-order valence-corrected chi connectivity index (χ2v) is 4.57. The Kier molecular flexibility index (Phi) is 2.87. The smallest absolute Gasteiger partial charge is 0.323 e. The van der Waals surface area contributed by atoms with Gasteiger partial charge in [0.05, 0.1) is 16.7 Å². The number of anilines is 2. The molecule has 3 aromatic rings. The van der Waals surface area contributed by atoms with E-state index in [1.165, 1.54) is 18.2 Å². The van der Waals surface area contributed by atoms with Gasteiger partial charge in [-0.05, 0) is 36.4 Å². The fourth-order valence-electron chi connectivity index (χ4n) is 2.00. The zero-order valence-electron chi connectivity index (χ0n) is 10.8. The van der Waals surface area contributed by atoms with Crippen LogP contribution < -0.4 is 16.7 Å². The molecule has 0 saturated carbocycles. The molecule has 1 amide bonds. The van der Waals surface area contributed by atoms with Crippen LogP contribution in [0.15, 0.2) is 41.2 Å². The van der Waals surface area contributed by atoms with E-state index in [-0.39, 0.29) is 28.6 Å². The van der Waals surface area contributed by atoms with Crippen molar-refractivity contribution in [2.45, 2.75) is 0 Å². The van der Waals surface area contributed by atoms with Crippen molar-refractivity contribution in [3.63, 3.8) is 0 Å². The number of hydrogen-bond donors (Lipinski definition) is 5. The first kappa shape index (κ1) is 12.8. The van der Waals surface area contributed by atoms with Gasteiger partial charge >= 0.3 is 5.69 Å². The Morgan fingerprint density at radius 2 is 1.86 bits per heavy atom. The molecule has 1 aromatic heterocycles. The van der Waals surface area contributed by atoms with Gasteiger partial charge in [0.15, 0.2) is 0 Å². The van der Waals surface area contributed by atoms with Crippen LogP contribution in [0.5, 0.6) is 5.75 Å². The minimum Gasteiger partial charge on any atom is -0.506 e. The zero-order valence-corrected chi connectivity index (χ0v) is 10.8. The maximum absolute atomic E-state index is 12.1. The van der Waals surface area contributed by atoms with Gasteiger partial charge in [-0.2, -0.15) is 0 Å². The highest BCUT2D eigenvalue weighted by Crippen LogP contribution is 2.22. The number of nitrogens with two attached hydrogens (primary N) is 1. The molecule has 7 nitrogen and oxygen atoms in total. The molecule has 0 unspecified atom stereocenters. The van der Waals surface area contributed by atoms with Crippen LogP contribution in [0.4, 0.5) is 11.4 Å². The number of imidazole rings is 1. The summed E-state index contributed by atoms with van der Waals surface area (Å²) in [7, 11) is 0. The van der Waals surface area contributed by atoms with Crippen LogP contribution in [0.25, 0.3) is 11.0 Å². The van der Waals surface area contributed by atoms with E-state index in [2.05, 4.69) is 15.3 Å². The lowest BCUT2D eigenvalue weighted by Crippen LogP contribution is -2.11. The van der Waals surface area contributed by atoms with Crippen molar-refractivity contribution in [3.8, 4) is 5.75 Å². The highest BCUT2D eigenvalue weighted by atomic mass is 16.3. The number of phenolic OH excluding ortho intramolecular Hbond substituents is 1. The van der Waals surface area contributed by atoms with E-state index >= 15 is 0 Å². The number of nitrogens with one attached hydrogen (secondary N) is 3. The van der Waals surface area contributed by atoms with E-state index in [1.54, 1.807) is 18.2 Å². The molecule has 7 heteroatoms. The number of rotatable bonds is 2. The minimum absolute atomic E-state index is 0.145. The van der Waals surface area contributed by atoms with E-state index in [4.69, 9.17) is 5.73 Å². The number of benzene rings is 2. The van der Waals surface area contributed by atoms with Crippen molar-refractivity contribution in [1.82, 2.24) is 9.97 Å². The molecule has 0 atom stereocenters. The SMILES string of the molecule is Nc1ccc(C(=O)Nc2ccc3[nH]c(=O)[nH]c3c2)cc1O. The van der Waals surface area contributed by atoms with Gasteiger partial charge in [0.25, 0.3) is 5.91 Å². The Balaban J connectivity index is 1.88. The van der Waals surface area contributed by atoms with Crippen LogP contribution in [-0.2, 0) is 0 Å². The molecule has 0 fully saturated rings. The summed E-state index contributed by atoms with van der Waals surface area (Å²) in [6.45, 7) is 0. The normalized spacial score (nSPS) is 10.7. The highest BCUT2D eigenvalue weighted by Gasteiger charge is 2.09. The molecular weight excluding hydrogens is 272 g/mol. The molecule has 106 valence electrons. The van der Waals surface area contributed by atoms with Gasteiger partial charge in [-0.1, -0.05) is 0 Å². The van der Waals surface area contributed by atoms with Crippen LogP contribution in [0, 0.1) is 0 Å². The Labute approximate surface area is 118 Å². The third kappa shape index (κ3) is 2.44. The third-order valence-electron chi connectivity index (χ3n) is 3.07. The highest BCUT2D eigenvalue weighted by molar-refractivity contribution is 6.05. The number of carbonyl (C=O) groups excluding carboxylic acids is 1. The number of hydrogen-bond acceptors (Lipinski definition) is 4. The van der Waals surface area contributed by atoms with Crippen molar-refractivity contribution in [2.75, 3.05) is 11.1 Å². The first-order chi connectivity index (χ1) is 10.0. The largest absolute Gasteiger partial charge is 0.506 e. The standard InChI is InChI=1S/C14H12N4O3/c15-9-3-1-7(5-12(9)19)13(20)16-8-2-4-10-11(6-8)18-14(21)17-10/h1-6,19H,15H2,(H,16,20)(H2,17,18,21). The summed E-state index contributed by atoms with van der Waals surface area (Å²) in [6, 6.07) is 9.26. The fourth-order valence-corrected chi connectivity index (χ4v) is 2.00. The predicted octanol–water partition coefficient (Wildman–Crippen LogP) is 1.40. The molecule has 3 rings (SSSR count). The number of carbonyl (C=O) groups is 1. The molecule has 0 bridgehead atoms. The molecule has 21 heavy (non-hydrogen) atoms. The van der Waals surface area contributed by atoms with Crippen molar-refractivity contribution in [1.29, 1.82) is 0 Å². The van der Waals surface area contributed by atoms with Crippen molar-refractivity contribution in [3.05, 3.63) is 52.4 Å². The summed E-state index contributed by atoms with van der Waals surface area (Å²) in [5.41, 5.74) is 7.44. The summed E-state index contributed by atoms with van der Waals surface area (Å²) in [4.78, 5) is 28.5. The lowest BCUT2D eigenvalue weighted by Gasteiger charge is -2.06. The topological polar surface area (TPSA) is 124 Å². The average molecular weight is 284 g/mol.